The van der Waals surface area contributed by atoms with Crippen LogP contribution in [-0.2, 0) is 12.4 Å². The molecule has 0 aliphatic heterocycles. The Kier molecular flexibility index (Phi) is 7.78. The van der Waals surface area contributed by atoms with E-state index in [2.05, 4.69) is 23.7 Å². The molecular weight excluding hydrogens is 434 g/mol. The normalized spacial score (nSPS) is 11.7. The minimum atomic E-state index is -4.65. The first kappa shape index (κ1) is 24.8. The Labute approximate surface area is 182 Å². The summed E-state index contributed by atoms with van der Waals surface area (Å²) in [6.45, 7) is 6.95. The van der Waals surface area contributed by atoms with Crippen LogP contribution in [0.4, 0.5) is 26.3 Å². The molecule has 2 aromatic carbocycles. The Morgan fingerprint density at radius 2 is 1.00 bits per heavy atom. The van der Waals surface area contributed by atoms with Crippen LogP contribution in [0, 0.1) is 35.5 Å². The molecule has 2 rings (SSSR count). The van der Waals surface area contributed by atoms with Crippen molar-refractivity contribution in [2.45, 2.75) is 49.8 Å². The largest absolute Gasteiger partial charge is 0.417 e. The van der Waals surface area contributed by atoms with Crippen molar-refractivity contribution in [3.63, 3.8) is 0 Å². The number of rotatable bonds is 2. The Bertz CT molecular complexity index is 968. The van der Waals surface area contributed by atoms with Crippen molar-refractivity contribution in [1.29, 1.82) is 0 Å². The fourth-order valence-corrected chi connectivity index (χ4v) is 3.57. The summed E-state index contributed by atoms with van der Waals surface area (Å²) in [7, 11) is 0. The lowest BCUT2D eigenvalue weighted by Gasteiger charge is -2.16. The van der Waals surface area contributed by atoms with Crippen molar-refractivity contribution in [2.75, 3.05) is 0 Å². The van der Waals surface area contributed by atoms with E-state index in [4.69, 9.17) is 0 Å². The molecule has 0 spiro atoms. The van der Waals surface area contributed by atoms with E-state index in [1.54, 1.807) is 27.7 Å². The fourth-order valence-electron chi connectivity index (χ4n) is 2.51. The third-order valence-electron chi connectivity index (χ3n) is 3.85. The lowest BCUT2D eigenvalue weighted by molar-refractivity contribution is -0.138. The van der Waals surface area contributed by atoms with Crippen molar-refractivity contribution < 1.29 is 26.3 Å². The molecule has 0 radical (unpaired) electrons. The first-order valence-electron chi connectivity index (χ1n) is 9.42. The van der Waals surface area contributed by atoms with Crippen molar-refractivity contribution in [3.8, 4) is 23.7 Å². The summed E-state index contributed by atoms with van der Waals surface area (Å²) in [4.78, 5) is 0.241. The molecule has 0 aliphatic rings. The van der Waals surface area contributed by atoms with Gasteiger partial charge < -0.3 is 0 Å². The molecule has 0 nitrogen and oxygen atoms in total. The molecule has 0 N–H and O–H groups in total. The Morgan fingerprint density at radius 1 is 0.645 bits per heavy atom. The maximum absolute atomic E-state index is 13.6. The zero-order chi connectivity index (χ0) is 23.4. The number of hydrogen-bond donors (Lipinski definition) is 0. The van der Waals surface area contributed by atoms with Gasteiger partial charge in [-0.1, -0.05) is 75.3 Å². The second-order valence-electron chi connectivity index (χ2n) is 7.30. The standard InChI is InChI=1S/C24H20F6S/c1-15(2)11-13-17-19(23(25,26)27)7-5-9-21(17)31-22-10-6-8-20(24(28,29)30)18(22)14-12-16(3)4/h5-10,15-16H,1-4H3. The fraction of sp³-hybridized carbons (Fsp3) is 0.333. The molecule has 0 heterocycles. The molecule has 0 aromatic heterocycles. The van der Waals surface area contributed by atoms with Crippen LogP contribution in [0.5, 0.6) is 0 Å². The molecule has 0 unspecified atom stereocenters. The van der Waals surface area contributed by atoms with E-state index in [9.17, 15) is 26.3 Å². The summed E-state index contributed by atoms with van der Waals surface area (Å²) in [5.74, 6) is 10.2. The van der Waals surface area contributed by atoms with Gasteiger partial charge in [-0.15, -0.1) is 0 Å². The van der Waals surface area contributed by atoms with E-state index in [0.29, 0.717) is 0 Å². The first-order valence-corrected chi connectivity index (χ1v) is 10.2. The summed E-state index contributed by atoms with van der Waals surface area (Å²) < 4.78 is 81.3. The van der Waals surface area contributed by atoms with Gasteiger partial charge in [0.05, 0.1) is 22.3 Å². The highest BCUT2D eigenvalue weighted by Crippen LogP contribution is 2.42. The molecule has 0 aliphatic carbocycles. The SMILES string of the molecule is CC(C)C#Cc1c(Sc2cccc(C(F)(F)F)c2C#CC(C)C)cccc1C(F)(F)F. The average molecular weight is 454 g/mol. The Hall–Kier alpha value is -2.51. The van der Waals surface area contributed by atoms with Crippen LogP contribution in [0.25, 0.3) is 0 Å². The minimum absolute atomic E-state index is 0.120. The maximum Gasteiger partial charge on any atom is 0.417 e. The Balaban J connectivity index is 2.72. The second kappa shape index (κ2) is 9.75. The molecule has 2 aromatic rings. The van der Waals surface area contributed by atoms with Gasteiger partial charge in [-0.25, -0.2) is 0 Å². The first-order chi connectivity index (χ1) is 14.3. The lowest BCUT2D eigenvalue weighted by atomic mass is 10.1. The molecule has 7 heteroatoms. The van der Waals surface area contributed by atoms with Gasteiger partial charge in [0.15, 0.2) is 0 Å². The van der Waals surface area contributed by atoms with Crippen LogP contribution in [0.15, 0.2) is 46.2 Å². The maximum atomic E-state index is 13.6. The van der Waals surface area contributed by atoms with E-state index < -0.39 is 23.5 Å². The molecule has 0 amide bonds. The van der Waals surface area contributed by atoms with Gasteiger partial charge in [0.1, 0.15) is 0 Å². The number of hydrogen-bond acceptors (Lipinski definition) is 1. The number of alkyl halides is 6. The molecule has 0 fully saturated rings. The van der Waals surface area contributed by atoms with Crippen LogP contribution >= 0.6 is 11.8 Å². The molecule has 164 valence electrons. The van der Waals surface area contributed by atoms with Crippen molar-refractivity contribution in [3.05, 3.63) is 58.7 Å². The molecule has 0 bridgehead atoms. The van der Waals surface area contributed by atoms with Gasteiger partial charge in [0.2, 0.25) is 0 Å². The van der Waals surface area contributed by atoms with Gasteiger partial charge in [0, 0.05) is 21.6 Å². The van der Waals surface area contributed by atoms with Gasteiger partial charge in [-0.05, 0) is 24.3 Å². The smallest absolute Gasteiger partial charge is 0.166 e. The predicted molar refractivity (Wildman–Crippen MR) is 110 cm³/mol. The zero-order valence-corrected chi connectivity index (χ0v) is 18.1. The molecular formula is C24H20F6S. The van der Waals surface area contributed by atoms with Crippen molar-refractivity contribution >= 4 is 11.8 Å². The van der Waals surface area contributed by atoms with Gasteiger partial charge >= 0.3 is 12.4 Å². The summed E-state index contributed by atoms with van der Waals surface area (Å²) in [6, 6.07) is 7.12. The molecule has 0 saturated heterocycles. The highest BCUT2D eigenvalue weighted by Gasteiger charge is 2.36. The lowest BCUT2D eigenvalue weighted by Crippen LogP contribution is -2.09. The van der Waals surface area contributed by atoms with E-state index in [-0.39, 0.29) is 32.8 Å². The van der Waals surface area contributed by atoms with Crippen molar-refractivity contribution in [2.24, 2.45) is 11.8 Å². The second-order valence-corrected chi connectivity index (χ2v) is 8.39. The topological polar surface area (TPSA) is 0 Å². The number of halogens is 6. The molecule has 0 atom stereocenters. The van der Waals surface area contributed by atoms with Gasteiger partial charge in [0.25, 0.3) is 0 Å². The average Bonchev–Trinajstić information content (AvgIpc) is 2.63. The van der Waals surface area contributed by atoms with Crippen LogP contribution in [0.3, 0.4) is 0 Å². The van der Waals surface area contributed by atoms with Crippen LogP contribution in [0.2, 0.25) is 0 Å². The van der Waals surface area contributed by atoms with Crippen molar-refractivity contribution in [1.82, 2.24) is 0 Å². The number of benzene rings is 2. The highest BCUT2D eigenvalue weighted by atomic mass is 32.2. The van der Waals surface area contributed by atoms with E-state index in [0.717, 1.165) is 23.9 Å². The molecule has 31 heavy (non-hydrogen) atoms. The van der Waals surface area contributed by atoms with Gasteiger partial charge in [-0.3, -0.25) is 0 Å². The third kappa shape index (κ3) is 6.74. The summed E-state index contributed by atoms with van der Waals surface area (Å²) in [5.41, 5.74) is -2.36. The van der Waals surface area contributed by atoms with Crippen LogP contribution < -0.4 is 0 Å². The Morgan fingerprint density at radius 3 is 1.29 bits per heavy atom. The zero-order valence-electron chi connectivity index (χ0n) is 17.3. The predicted octanol–water partition coefficient (Wildman–Crippen LogP) is 7.89. The van der Waals surface area contributed by atoms with E-state index in [1.807, 2.05) is 0 Å². The quantitative estimate of drug-likeness (QED) is 0.328. The van der Waals surface area contributed by atoms with Crippen LogP contribution in [-0.4, -0.2) is 0 Å². The minimum Gasteiger partial charge on any atom is -0.166 e. The highest BCUT2D eigenvalue weighted by molar-refractivity contribution is 7.99. The third-order valence-corrected chi connectivity index (χ3v) is 4.98. The summed E-state index contributed by atoms with van der Waals surface area (Å²) in [5, 5.41) is 0. The van der Waals surface area contributed by atoms with E-state index in [1.165, 1.54) is 24.3 Å². The molecule has 0 saturated carbocycles. The monoisotopic (exact) mass is 454 g/mol. The van der Waals surface area contributed by atoms with Gasteiger partial charge in [-0.2, -0.15) is 26.3 Å². The summed E-state index contributed by atoms with van der Waals surface area (Å²) in [6.07, 6.45) is -9.29. The summed E-state index contributed by atoms with van der Waals surface area (Å²) >= 11 is 0.800. The van der Waals surface area contributed by atoms with Crippen LogP contribution in [0.1, 0.15) is 49.9 Å². The van der Waals surface area contributed by atoms with E-state index >= 15 is 0 Å².